The third kappa shape index (κ3) is 5.23. The van der Waals surface area contributed by atoms with E-state index in [2.05, 4.69) is 56.3 Å². The lowest BCUT2D eigenvalue weighted by Crippen LogP contribution is -2.47. The van der Waals surface area contributed by atoms with Crippen LogP contribution >= 0.6 is 0 Å². The summed E-state index contributed by atoms with van der Waals surface area (Å²) >= 11 is 0. The summed E-state index contributed by atoms with van der Waals surface area (Å²) in [5.41, 5.74) is 4.42. The van der Waals surface area contributed by atoms with Gasteiger partial charge in [-0.1, -0.05) is 18.2 Å². The lowest BCUT2D eigenvalue weighted by molar-refractivity contribution is 0.0523. The topological polar surface area (TPSA) is 70.6 Å². The fourth-order valence-electron chi connectivity index (χ4n) is 3.75. The van der Waals surface area contributed by atoms with Gasteiger partial charge >= 0.3 is 5.97 Å². The van der Waals surface area contributed by atoms with Crippen LogP contribution in [0.5, 0.6) is 0 Å². The monoisotopic (exact) mass is 397 g/mol. The molecule has 1 aromatic carbocycles. The minimum absolute atomic E-state index is 0.342. The van der Waals surface area contributed by atoms with Gasteiger partial charge in [0.25, 0.3) is 0 Å². The highest BCUT2D eigenvalue weighted by Gasteiger charge is 2.19. The molecule has 0 bridgehead atoms. The molecule has 1 N–H and O–H groups in total. The van der Waals surface area contributed by atoms with Crippen LogP contribution in [0.1, 0.15) is 34.2 Å². The normalized spacial score (nSPS) is 14.7. The maximum atomic E-state index is 12.0. The number of ether oxygens (including phenoxy) is 1. The van der Waals surface area contributed by atoms with Crippen molar-refractivity contribution in [3.8, 4) is 0 Å². The third-order valence-electron chi connectivity index (χ3n) is 5.29. The highest BCUT2D eigenvalue weighted by Crippen LogP contribution is 2.20. The van der Waals surface area contributed by atoms with Crippen molar-refractivity contribution in [1.82, 2.24) is 14.9 Å². The number of nitrogens with zero attached hydrogens (tertiary/aromatic N) is 4. The van der Waals surface area contributed by atoms with Crippen LogP contribution in [0.2, 0.25) is 0 Å². The predicted molar refractivity (Wildman–Crippen MR) is 116 cm³/mol. The summed E-state index contributed by atoms with van der Waals surface area (Å²) in [4.78, 5) is 25.8. The number of aryl methyl sites for hydroxylation is 3. The van der Waals surface area contributed by atoms with Gasteiger partial charge in [0, 0.05) is 45.0 Å². The Hall–Kier alpha value is -2.67. The van der Waals surface area contributed by atoms with Gasteiger partial charge in [0.1, 0.15) is 5.56 Å². The van der Waals surface area contributed by atoms with Crippen molar-refractivity contribution < 1.29 is 9.53 Å². The molecule has 0 unspecified atom stereocenters. The number of nitrogens with one attached hydrogen (secondary N) is 1. The van der Waals surface area contributed by atoms with Crippen molar-refractivity contribution >= 4 is 17.6 Å². The van der Waals surface area contributed by atoms with Crippen LogP contribution in [-0.4, -0.2) is 66.7 Å². The zero-order valence-corrected chi connectivity index (χ0v) is 17.9. The van der Waals surface area contributed by atoms with Crippen LogP contribution in [0.25, 0.3) is 0 Å². The first-order valence-electron chi connectivity index (χ1n) is 10.3. The smallest absolute Gasteiger partial charge is 0.341 e. The molecule has 156 valence electrons. The second-order valence-electron chi connectivity index (χ2n) is 7.36. The maximum absolute atomic E-state index is 12.0. The lowest BCUT2D eigenvalue weighted by atomic mass is 10.1. The number of hydrogen-bond donors (Lipinski definition) is 1. The van der Waals surface area contributed by atoms with Crippen LogP contribution < -0.4 is 10.2 Å². The van der Waals surface area contributed by atoms with Gasteiger partial charge in [-0.3, -0.25) is 4.90 Å². The lowest BCUT2D eigenvalue weighted by Gasteiger charge is -2.36. The van der Waals surface area contributed by atoms with Crippen molar-refractivity contribution in [2.24, 2.45) is 0 Å². The number of carbonyl (C=O) groups is 1. The Morgan fingerprint density at radius 3 is 2.34 bits per heavy atom. The molecule has 29 heavy (non-hydrogen) atoms. The van der Waals surface area contributed by atoms with E-state index in [1.807, 2.05) is 13.8 Å². The Balaban J connectivity index is 1.49. The zero-order chi connectivity index (χ0) is 20.8. The van der Waals surface area contributed by atoms with Crippen molar-refractivity contribution in [1.29, 1.82) is 0 Å². The highest BCUT2D eigenvalue weighted by atomic mass is 16.5. The van der Waals surface area contributed by atoms with Crippen molar-refractivity contribution in [3.05, 3.63) is 46.8 Å². The van der Waals surface area contributed by atoms with E-state index >= 15 is 0 Å². The second-order valence-corrected chi connectivity index (χ2v) is 7.36. The van der Waals surface area contributed by atoms with E-state index in [1.54, 1.807) is 6.92 Å². The third-order valence-corrected chi connectivity index (χ3v) is 5.29. The van der Waals surface area contributed by atoms with Crippen LogP contribution in [0, 0.1) is 20.8 Å². The first-order valence-corrected chi connectivity index (χ1v) is 10.3. The van der Waals surface area contributed by atoms with E-state index < -0.39 is 0 Å². The number of benzene rings is 1. The van der Waals surface area contributed by atoms with Crippen LogP contribution in [0.4, 0.5) is 11.6 Å². The van der Waals surface area contributed by atoms with E-state index in [9.17, 15) is 4.79 Å². The number of esters is 1. The van der Waals surface area contributed by atoms with Crippen LogP contribution in [-0.2, 0) is 4.74 Å². The summed E-state index contributed by atoms with van der Waals surface area (Å²) in [5, 5.41) is 3.29. The molecule has 0 spiro atoms. The van der Waals surface area contributed by atoms with Crippen molar-refractivity contribution in [2.75, 3.05) is 56.1 Å². The zero-order valence-electron chi connectivity index (χ0n) is 17.9. The standard InChI is InChI=1S/C22H31N5O2/c1-5-29-21(28)20-17(3)24-22(25-18(20)4)23-10-11-26-12-14-27(15-13-26)19-9-7-6-8-16(19)2/h6-9H,5,10-15H2,1-4H3,(H,23,24,25). The maximum Gasteiger partial charge on any atom is 0.341 e. The van der Waals surface area contributed by atoms with E-state index in [0.717, 1.165) is 39.3 Å². The first-order chi connectivity index (χ1) is 14.0. The number of aromatic nitrogens is 2. The quantitative estimate of drug-likeness (QED) is 0.721. The molecule has 0 amide bonds. The van der Waals surface area contributed by atoms with Crippen molar-refractivity contribution in [2.45, 2.75) is 27.7 Å². The Morgan fingerprint density at radius 1 is 1.07 bits per heavy atom. The van der Waals surface area contributed by atoms with Gasteiger partial charge in [0.15, 0.2) is 0 Å². The summed E-state index contributed by atoms with van der Waals surface area (Å²) in [5.74, 6) is 0.201. The minimum Gasteiger partial charge on any atom is -0.462 e. The Morgan fingerprint density at radius 2 is 1.72 bits per heavy atom. The summed E-state index contributed by atoms with van der Waals surface area (Å²) in [7, 11) is 0. The summed E-state index contributed by atoms with van der Waals surface area (Å²) in [6, 6.07) is 8.57. The molecule has 0 aliphatic carbocycles. The largest absolute Gasteiger partial charge is 0.462 e. The molecule has 0 atom stereocenters. The Labute approximate surface area is 173 Å². The average molecular weight is 398 g/mol. The summed E-state index contributed by atoms with van der Waals surface area (Å²) < 4.78 is 5.09. The van der Waals surface area contributed by atoms with Gasteiger partial charge < -0.3 is 15.0 Å². The van der Waals surface area contributed by atoms with E-state index in [-0.39, 0.29) is 5.97 Å². The molecule has 0 radical (unpaired) electrons. The molecule has 1 aromatic heterocycles. The number of para-hydroxylation sites is 1. The molecule has 1 aliphatic rings. The van der Waals surface area contributed by atoms with E-state index in [4.69, 9.17) is 4.74 Å². The molecule has 7 heteroatoms. The van der Waals surface area contributed by atoms with Crippen LogP contribution in [0.15, 0.2) is 24.3 Å². The summed E-state index contributed by atoms with van der Waals surface area (Å²) in [6.45, 7) is 13.8. The Kier molecular flexibility index (Phi) is 7.04. The van der Waals surface area contributed by atoms with E-state index in [1.165, 1.54) is 11.3 Å². The van der Waals surface area contributed by atoms with E-state index in [0.29, 0.717) is 29.5 Å². The number of rotatable bonds is 7. The van der Waals surface area contributed by atoms with Gasteiger partial charge in [-0.15, -0.1) is 0 Å². The molecule has 2 aromatic rings. The molecule has 1 saturated heterocycles. The van der Waals surface area contributed by atoms with Gasteiger partial charge in [-0.2, -0.15) is 0 Å². The molecule has 2 heterocycles. The second kappa shape index (κ2) is 9.69. The van der Waals surface area contributed by atoms with Crippen molar-refractivity contribution in [3.63, 3.8) is 0 Å². The molecular formula is C22H31N5O2. The first kappa shape index (κ1) is 21.0. The molecular weight excluding hydrogens is 366 g/mol. The molecule has 1 aliphatic heterocycles. The molecule has 3 rings (SSSR count). The highest BCUT2D eigenvalue weighted by molar-refractivity contribution is 5.91. The minimum atomic E-state index is -0.361. The van der Waals surface area contributed by atoms with Gasteiger partial charge in [-0.05, 0) is 39.3 Å². The SMILES string of the molecule is CCOC(=O)c1c(C)nc(NCCN2CCN(c3ccccc3C)CC2)nc1C. The molecule has 1 fully saturated rings. The average Bonchev–Trinajstić information content (AvgIpc) is 2.69. The number of anilines is 2. The fraction of sp³-hybridized carbons (Fsp3) is 0.500. The van der Waals surface area contributed by atoms with Gasteiger partial charge in [-0.25, -0.2) is 14.8 Å². The van der Waals surface area contributed by atoms with Crippen LogP contribution in [0.3, 0.4) is 0 Å². The van der Waals surface area contributed by atoms with Gasteiger partial charge in [0.05, 0.1) is 18.0 Å². The predicted octanol–water partition coefficient (Wildman–Crippen LogP) is 2.81. The molecule has 0 saturated carbocycles. The number of hydrogen-bond acceptors (Lipinski definition) is 7. The molecule has 7 nitrogen and oxygen atoms in total. The Bertz CT molecular complexity index is 824. The van der Waals surface area contributed by atoms with Gasteiger partial charge in [0.2, 0.25) is 5.95 Å². The number of piperazine rings is 1. The number of carbonyl (C=O) groups excluding carboxylic acids is 1. The fourth-order valence-corrected chi connectivity index (χ4v) is 3.75. The summed E-state index contributed by atoms with van der Waals surface area (Å²) in [6.07, 6.45) is 0.